The van der Waals surface area contributed by atoms with Crippen LogP contribution >= 0.6 is 34.7 Å². The number of thioether (sulfide) groups is 1. The molecule has 2 heterocycles. The molecule has 0 aliphatic heterocycles. The van der Waals surface area contributed by atoms with Crippen molar-refractivity contribution in [3.8, 4) is 0 Å². The highest BCUT2D eigenvalue weighted by Crippen LogP contribution is 2.40. The van der Waals surface area contributed by atoms with E-state index in [1.165, 1.54) is 31.1 Å². The lowest BCUT2D eigenvalue weighted by Crippen LogP contribution is -2.22. The number of aromatic nitrogens is 4. The molecule has 150 valence electrons. The molecule has 1 aromatic carbocycles. The summed E-state index contributed by atoms with van der Waals surface area (Å²) in [5, 5.41) is 12.8. The van der Waals surface area contributed by atoms with Gasteiger partial charge in [0.05, 0.1) is 11.4 Å². The number of hydrogen-bond donors (Lipinski definition) is 0. The second-order valence-electron chi connectivity index (χ2n) is 6.76. The molecule has 0 atom stereocenters. The maximum absolute atomic E-state index is 12.2. The van der Waals surface area contributed by atoms with Crippen LogP contribution in [-0.2, 0) is 17.1 Å². The zero-order chi connectivity index (χ0) is 20.4. The lowest BCUT2D eigenvalue weighted by Gasteiger charge is -2.18. The van der Waals surface area contributed by atoms with Gasteiger partial charge in [0.25, 0.3) is 0 Å². The summed E-state index contributed by atoms with van der Waals surface area (Å²) in [4.78, 5) is 18.5. The lowest BCUT2D eigenvalue weighted by atomic mass is 10.3. The van der Waals surface area contributed by atoms with Crippen LogP contribution in [0.5, 0.6) is 0 Å². The minimum atomic E-state index is -0.111. The van der Waals surface area contributed by atoms with Crippen LogP contribution in [0.3, 0.4) is 0 Å². The Balaban J connectivity index is 1.51. The molecule has 0 saturated heterocycles. The van der Waals surface area contributed by atoms with E-state index in [9.17, 15) is 4.79 Å². The largest absolute Gasteiger partial charge is 0.302 e. The average molecular weight is 446 g/mol. The van der Waals surface area contributed by atoms with E-state index >= 15 is 0 Å². The topological polar surface area (TPSA) is 63.9 Å². The standard InChI is InChI=1S/C20H20ClN5OS2/c1-3-9-25-18(14-7-8-14)23-24-20(25)29-12-16-11-28-19(22-16)26(13(2)27)17-6-4-5-15(21)10-17/h3-6,10-11,14H,1,7-9,12H2,2H3. The van der Waals surface area contributed by atoms with Crippen molar-refractivity contribution >= 4 is 51.4 Å². The highest BCUT2D eigenvalue weighted by molar-refractivity contribution is 7.98. The molecule has 0 bridgehead atoms. The SMILES string of the molecule is C=CCn1c(SCc2csc(N(C(C)=O)c3cccc(Cl)c3)n2)nnc1C1CC1. The van der Waals surface area contributed by atoms with Gasteiger partial charge < -0.3 is 4.57 Å². The number of hydrogen-bond acceptors (Lipinski definition) is 6. The van der Waals surface area contributed by atoms with E-state index in [1.54, 1.807) is 28.8 Å². The molecular weight excluding hydrogens is 426 g/mol. The normalized spacial score (nSPS) is 13.4. The van der Waals surface area contributed by atoms with Crippen LogP contribution in [0.4, 0.5) is 10.8 Å². The van der Waals surface area contributed by atoms with E-state index in [1.807, 2.05) is 23.6 Å². The average Bonchev–Trinajstić information content (AvgIpc) is 3.30. The van der Waals surface area contributed by atoms with Crippen LogP contribution in [0.25, 0.3) is 0 Å². The van der Waals surface area contributed by atoms with Gasteiger partial charge in [-0.15, -0.1) is 28.1 Å². The van der Waals surface area contributed by atoms with Crippen molar-refractivity contribution in [2.45, 2.75) is 43.1 Å². The van der Waals surface area contributed by atoms with Gasteiger partial charge in [0.15, 0.2) is 10.3 Å². The van der Waals surface area contributed by atoms with Crippen molar-refractivity contribution < 1.29 is 4.79 Å². The molecule has 29 heavy (non-hydrogen) atoms. The molecule has 3 aromatic rings. The van der Waals surface area contributed by atoms with Gasteiger partial charge in [0.2, 0.25) is 5.91 Å². The van der Waals surface area contributed by atoms with Crippen molar-refractivity contribution in [1.82, 2.24) is 19.7 Å². The molecule has 9 heteroatoms. The van der Waals surface area contributed by atoms with Gasteiger partial charge in [0, 0.05) is 35.5 Å². The smallest absolute Gasteiger partial charge is 0.230 e. The molecule has 1 amide bonds. The molecule has 1 aliphatic rings. The Morgan fingerprint density at radius 1 is 1.45 bits per heavy atom. The first-order chi connectivity index (χ1) is 14.1. The van der Waals surface area contributed by atoms with Gasteiger partial charge in [-0.05, 0) is 31.0 Å². The molecule has 2 aromatic heterocycles. The molecular formula is C20H20ClN5OS2. The zero-order valence-corrected chi connectivity index (χ0v) is 18.3. The Kier molecular flexibility index (Phi) is 6.03. The number of carbonyl (C=O) groups excluding carboxylic acids is 1. The fourth-order valence-corrected chi connectivity index (χ4v) is 5.02. The maximum Gasteiger partial charge on any atom is 0.230 e. The van der Waals surface area contributed by atoms with Gasteiger partial charge in [-0.3, -0.25) is 9.69 Å². The van der Waals surface area contributed by atoms with Gasteiger partial charge in [-0.2, -0.15) is 0 Å². The molecule has 0 unspecified atom stereocenters. The Morgan fingerprint density at radius 3 is 2.97 bits per heavy atom. The number of rotatable bonds is 8. The monoisotopic (exact) mass is 445 g/mol. The zero-order valence-electron chi connectivity index (χ0n) is 15.9. The van der Waals surface area contributed by atoms with Gasteiger partial charge >= 0.3 is 0 Å². The van der Waals surface area contributed by atoms with E-state index in [-0.39, 0.29) is 5.91 Å². The number of benzene rings is 1. The summed E-state index contributed by atoms with van der Waals surface area (Å²) in [6.07, 6.45) is 4.23. The Hall–Kier alpha value is -2.16. The molecule has 1 fully saturated rings. The minimum absolute atomic E-state index is 0.111. The van der Waals surface area contributed by atoms with Gasteiger partial charge in [0.1, 0.15) is 5.82 Å². The van der Waals surface area contributed by atoms with Crippen LogP contribution < -0.4 is 4.90 Å². The summed E-state index contributed by atoms with van der Waals surface area (Å²) in [7, 11) is 0. The number of halogens is 1. The highest BCUT2D eigenvalue weighted by Gasteiger charge is 2.30. The van der Waals surface area contributed by atoms with Gasteiger partial charge in [-0.25, -0.2) is 4.98 Å². The summed E-state index contributed by atoms with van der Waals surface area (Å²) in [6.45, 7) is 6.07. The molecule has 0 N–H and O–H groups in total. The van der Waals surface area contributed by atoms with E-state index in [0.29, 0.717) is 34.1 Å². The molecule has 6 nitrogen and oxygen atoms in total. The van der Waals surface area contributed by atoms with E-state index < -0.39 is 0 Å². The number of allylic oxidation sites excluding steroid dienone is 1. The quantitative estimate of drug-likeness (QED) is 0.341. The second kappa shape index (κ2) is 8.69. The summed E-state index contributed by atoms with van der Waals surface area (Å²) in [5.41, 5.74) is 1.60. The van der Waals surface area contributed by atoms with Crippen LogP contribution in [0.1, 0.15) is 37.2 Å². The fourth-order valence-electron chi connectivity index (χ4n) is 3.00. The van der Waals surface area contributed by atoms with Crippen molar-refractivity contribution in [1.29, 1.82) is 0 Å². The third kappa shape index (κ3) is 4.55. The second-order valence-corrected chi connectivity index (χ2v) is 8.97. The highest BCUT2D eigenvalue weighted by atomic mass is 35.5. The van der Waals surface area contributed by atoms with Crippen LogP contribution in [0.15, 0.2) is 47.5 Å². The Morgan fingerprint density at radius 2 is 2.28 bits per heavy atom. The summed E-state index contributed by atoms with van der Waals surface area (Å²) in [5.74, 6) is 2.12. The molecule has 1 aliphatic carbocycles. The molecule has 0 spiro atoms. The fraction of sp³-hybridized carbons (Fsp3) is 0.300. The third-order valence-corrected chi connectivity index (χ3v) is 6.57. The summed E-state index contributed by atoms with van der Waals surface area (Å²) in [6, 6.07) is 7.21. The van der Waals surface area contributed by atoms with Crippen LogP contribution in [0.2, 0.25) is 5.02 Å². The first-order valence-electron chi connectivity index (χ1n) is 9.24. The van der Waals surface area contributed by atoms with E-state index in [4.69, 9.17) is 11.6 Å². The number of thiazole rings is 1. The van der Waals surface area contributed by atoms with Crippen molar-refractivity contribution in [3.63, 3.8) is 0 Å². The van der Waals surface area contributed by atoms with E-state index in [0.717, 1.165) is 16.7 Å². The first-order valence-corrected chi connectivity index (χ1v) is 11.5. The van der Waals surface area contributed by atoms with Crippen molar-refractivity contribution in [2.24, 2.45) is 0 Å². The predicted molar refractivity (Wildman–Crippen MR) is 118 cm³/mol. The van der Waals surface area contributed by atoms with Crippen molar-refractivity contribution in [2.75, 3.05) is 4.90 Å². The van der Waals surface area contributed by atoms with E-state index in [2.05, 4.69) is 26.3 Å². The van der Waals surface area contributed by atoms with Crippen molar-refractivity contribution in [3.05, 3.63) is 58.8 Å². The molecule has 1 saturated carbocycles. The van der Waals surface area contributed by atoms with Crippen LogP contribution in [-0.4, -0.2) is 25.7 Å². The van der Waals surface area contributed by atoms with Gasteiger partial charge in [-0.1, -0.05) is 35.5 Å². The Bertz CT molecular complexity index is 1040. The molecule has 4 rings (SSSR count). The lowest BCUT2D eigenvalue weighted by molar-refractivity contribution is -0.115. The molecule has 0 radical (unpaired) electrons. The number of nitrogens with zero attached hydrogens (tertiary/aromatic N) is 5. The number of anilines is 2. The maximum atomic E-state index is 12.2. The summed E-state index contributed by atoms with van der Waals surface area (Å²) >= 11 is 9.13. The summed E-state index contributed by atoms with van der Waals surface area (Å²) < 4.78 is 2.14. The first kappa shape index (κ1) is 20.1. The van der Waals surface area contributed by atoms with Crippen LogP contribution in [0, 0.1) is 0 Å². The number of amides is 1. The Labute approximate surface area is 182 Å². The number of carbonyl (C=O) groups is 1. The predicted octanol–water partition coefficient (Wildman–Crippen LogP) is 5.43. The third-order valence-electron chi connectivity index (χ3n) is 4.46. The minimum Gasteiger partial charge on any atom is -0.302 e.